The van der Waals surface area contributed by atoms with Gasteiger partial charge in [-0.3, -0.25) is 4.79 Å². The van der Waals surface area contributed by atoms with Gasteiger partial charge in [0.05, 0.1) is 10.7 Å². The summed E-state index contributed by atoms with van der Waals surface area (Å²) in [5, 5.41) is 6.44. The third-order valence-corrected chi connectivity index (χ3v) is 5.82. The molecule has 0 saturated heterocycles. The molecule has 2 aromatic heterocycles. The van der Waals surface area contributed by atoms with Crippen LogP contribution in [0.25, 0.3) is 32.9 Å². The molecule has 5 rings (SSSR count). The molecule has 2 heterocycles. The fraction of sp³-hybridized carbons (Fsp3) is 0. The van der Waals surface area contributed by atoms with Gasteiger partial charge >= 0.3 is 0 Å². The molecule has 0 aliphatic heterocycles. The summed E-state index contributed by atoms with van der Waals surface area (Å²) in [6, 6.07) is 20.4. The van der Waals surface area contributed by atoms with E-state index in [1.54, 1.807) is 18.2 Å². The highest BCUT2D eigenvalue weighted by molar-refractivity contribution is 7.13. The van der Waals surface area contributed by atoms with E-state index in [-0.39, 0.29) is 5.91 Å². The van der Waals surface area contributed by atoms with Crippen LogP contribution in [-0.2, 0) is 0 Å². The summed E-state index contributed by atoms with van der Waals surface area (Å²) in [6.45, 7) is 0. The summed E-state index contributed by atoms with van der Waals surface area (Å²) in [5.74, 6) is -0.216. The van der Waals surface area contributed by atoms with E-state index in [1.807, 2.05) is 53.9 Å². The van der Waals surface area contributed by atoms with Crippen molar-refractivity contribution in [1.82, 2.24) is 9.97 Å². The summed E-state index contributed by atoms with van der Waals surface area (Å²) in [7, 11) is 0. The minimum absolute atomic E-state index is 0.216. The number of fused-ring (bicyclic) bond motifs is 1. The molecule has 0 fully saturated rings. The second-order valence-electron chi connectivity index (χ2n) is 6.59. The molecule has 3 aromatic carbocycles. The number of halogens is 1. The second-order valence-corrected chi connectivity index (χ2v) is 7.85. The van der Waals surface area contributed by atoms with E-state index in [9.17, 15) is 4.79 Å². The molecule has 0 unspecified atom stereocenters. The molecule has 0 aliphatic carbocycles. The molecule has 0 bridgehead atoms. The van der Waals surface area contributed by atoms with E-state index in [0.29, 0.717) is 27.4 Å². The highest BCUT2D eigenvalue weighted by atomic mass is 35.5. The van der Waals surface area contributed by atoms with Crippen molar-refractivity contribution in [3.8, 4) is 21.8 Å². The van der Waals surface area contributed by atoms with Gasteiger partial charge in [0.15, 0.2) is 12.0 Å². The molecule has 30 heavy (non-hydrogen) atoms. The Labute approximate surface area is 181 Å². The number of nitrogens with zero attached hydrogens (tertiary/aromatic N) is 2. The zero-order chi connectivity index (χ0) is 20.5. The Morgan fingerprint density at radius 3 is 2.83 bits per heavy atom. The van der Waals surface area contributed by atoms with Crippen molar-refractivity contribution < 1.29 is 9.21 Å². The summed E-state index contributed by atoms with van der Waals surface area (Å²) in [6.07, 6.45) is 1.36. The van der Waals surface area contributed by atoms with Gasteiger partial charge in [-0.25, -0.2) is 9.97 Å². The minimum Gasteiger partial charge on any atom is -0.443 e. The normalized spacial score (nSPS) is 11.0. The lowest BCUT2D eigenvalue weighted by atomic mass is 10.1. The predicted octanol–water partition coefficient (Wildman–Crippen LogP) is 6.52. The molecule has 1 N–H and O–H groups in total. The van der Waals surface area contributed by atoms with Gasteiger partial charge in [0.1, 0.15) is 10.5 Å². The number of hydrogen-bond donors (Lipinski definition) is 1. The average Bonchev–Trinajstić information content (AvgIpc) is 3.43. The third-order valence-electron chi connectivity index (χ3n) is 4.62. The van der Waals surface area contributed by atoms with Gasteiger partial charge in [0.2, 0.25) is 0 Å². The van der Waals surface area contributed by atoms with Crippen LogP contribution in [0.2, 0.25) is 5.02 Å². The Morgan fingerprint density at radius 1 is 1.03 bits per heavy atom. The molecule has 5 nitrogen and oxygen atoms in total. The average molecular weight is 432 g/mol. The number of thiazole rings is 1. The Balaban J connectivity index is 1.39. The van der Waals surface area contributed by atoms with Gasteiger partial charge < -0.3 is 9.73 Å². The van der Waals surface area contributed by atoms with Crippen molar-refractivity contribution in [2.75, 3.05) is 5.32 Å². The number of rotatable bonds is 4. The molecule has 0 saturated carbocycles. The quantitative estimate of drug-likeness (QED) is 0.351. The Morgan fingerprint density at radius 2 is 1.93 bits per heavy atom. The van der Waals surface area contributed by atoms with Crippen LogP contribution >= 0.6 is 22.9 Å². The van der Waals surface area contributed by atoms with Crippen LogP contribution in [0.15, 0.2) is 82.9 Å². The zero-order valence-corrected chi connectivity index (χ0v) is 17.1. The first-order valence-electron chi connectivity index (χ1n) is 9.13. The third kappa shape index (κ3) is 3.58. The fourth-order valence-electron chi connectivity index (χ4n) is 3.12. The highest BCUT2D eigenvalue weighted by Gasteiger charge is 2.12. The van der Waals surface area contributed by atoms with Crippen LogP contribution < -0.4 is 5.32 Å². The van der Waals surface area contributed by atoms with Crippen LogP contribution in [-0.4, -0.2) is 15.9 Å². The second kappa shape index (κ2) is 7.74. The van der Waals surface area contributed by atoms with Gasteiger partial charge in [-0.1, -0.05) is 41.9 Å². The lowest BCUT2D eigenvalue weighted by Crippen LogP contribution is -2.11. The van der Waals surface area contributed by atoms with E-state index in [1.165, 1.54) is 17.7 Å². The maximum atomic E-state index is 12.7. The van der Waals surface area contributed by atoms with Crippen molar-refractivity contribution in [3.63, 3.8) is 0 Å². The smallest absolute Gasteiger partial charge is 0.255 e. The summed E-state index contributed by atoms with van der Waals surface area (Å²) in [4.78, 5) is 21.5. The fourth-order valence-corrected chi connectivity index (χ4v) is 4.27. The number of oxazole rings is 1. The van der Waals surface area contributed by atoms with Gasteiger partial charge in [-0.05, 0) is 36.4 Å². The van der Waals surface area contributed by atoms with Crippen molar-refractivity contribution in [2.24, 2.45) is 0 Å². The van der Waals surface area contributed by atoms with Crippen molar-refractivity contribution in [1.29, 1.82) is 0 Å². The van der Waals surface area contributed by atoms with Crippen LogP contribution in [0.1, 0.15) is 10.4 Å². The highest BCUT2D eigenvalue weighted by Crippen LogP contribution is 2.33. The molecule has 146 valence electrons. The number of benzene rings is 3. The first-order chi connectivity index (χ1) is 14.7. The first kappa shape index (κ1) is 18.5. The summed E-state index contributed by atoms with van der Waals surface area (Å²) in [5.41, 5.74) is 5.13. The maximum absolute atomic E-state index is 12.7. The van der Waals surface area contributed by atoms with E-state index < -0.39 is 0 Å². The molecule has 0 atom stereocenters. The number of amides is 1. The molecule has 0 aliphatic rings. The summed E-state index contributed by atoms with van der Waals surface area (Å²) < 4.78 is 5.22. The van der Waals surface area contributed by atoms with Gasteiger partial charge in [-0.2, -0.15) is 0 Å². The van der Waals surface area contributed by atoms with Crippen LogP contribution in [0, 0.1) is 0 Å². The SMILES string of the molecule is O=C(Nc1cccc(-c2csc(-c3ccccc3Cl)n2)c1)c1ccc2ocnc2c1. The molecule has 7 heteroatoms. The van der Waals surface area contributed by atoms with E-state index >= 15 is 0 Å². The lowest BCUT2D eigenvalue weighted by molar-refractivity contribution is 0.102. The molecular formula is C23H14ClN3O2S. The maximum Gasteiger partial charge on any atom is 0.255 e. The van der Waals surface area contributed by atoms with E-state index in [0.717, 1.165) is 21.8 Å². The van der Waals surface area contributed by atoms with Gasteiger partial charge in [-0.15, -0.1) is 11.3 Å². The zero-order valence-electron chi connectivity index (χ0n) is 15.5. The molecule has 1 amide bonds. The van der Waals surface area contributed by atoms with Crippen molar-refractivity contribution in [3.05, 3.63) is 89.1 Å². The first-order valence-corrected chi connectivity index (χ1v) is 10.4. The molecule has 0 radical (unpaired) electrons. The summed E-state index contributed by atoms with van der Waals surface area (Å²) >= 11 is 7.82. The molecule has 0 spiro atoms. The van der Waals surface area contributed by atoms with E-state index in [4.69, 9.17) is 21.0 Å². The number of aromatic nitrogens is 2. The molecular weight excluding hydrogens is 418 g/mol. The Hall–Kier alpha value is -3.48. The minimum atomic E-state index is -0.216. The number of nitrogens with one attached hydrogen (secondary N) is 1. The molecule has 5 aromatic rings. The van der Waals surface area contributed by atoms with Gasteiger partial charge in [0.25, 0.3) is 5.91 Å². The van der Waals surface area contributed by atoms with Crippen molar-refractivity contribution in [2.45, 2.75) is 0 Å². The standard InChI is InChI=1S/C23H14ClN3O2S/c24-18-7-2-1-6-17(18)23-27-20(12-30-23)14-4-3-5-16(10-14)26-22(28)15-8-9-21-19(11-15)25-13-29-21/h1-13H,(H,26,28). The van der Waals surface area contributed by atoms with Crippen LogP contribution in [0.5, 0.6) is 0 Å². The van der Waals surface area contributed by atoms with E-state index in [2.05, 4.69) is 10.3 Å². The number of carbonyl (C=O) groups is 1. The topological polar surface area (TPSA) is 68.0 Å². The van der Waals surface area contributed by atoms with Gasteiger partial charge in [0, 0.05) is 27.8 Å². The number of carbonyl (C=O) groups excluding carboxylic acids is 1. The largest absolute Gasteiger partial charge is 0.443 e. The Bertz CT molecular complexity index is 1380. The van der Waals surface area contributed by atoms with Crippen LogP contribution in [0.4, 0.5) is 5.69 Å². The monoisotopic (exact) mass is 431 g/mol. The number of hydrogen-bond acceptors (Lipinski definition) is 5. The van der Waals surface area contributed by atoms with Crippen LogP contribution in [0.3, 0.4) is 0 Å². The van der Waals surface area contributed by atoms with Crippen molar-refractivity contribution >= 4 is 45.6 Å². The lowest BCUT2D eigenvalue weighted by Gasteiger charge is -2.07. The number of anilines is 1. The predicted molar refractivity (Wildman–Crippen MR) is 120 cm³/mol. The Kier molecular flexibility index (Phi) is 4.78.